The van der Waals surface area contributed by atoms with Crippen LogP contribution in [0.2, 0.25) is 5.02 Å². The molecule has 9 heteroatoms. The Kier molecular flexibility index (Phi) is 5.23. The van der Waals surface area contributed by atoms with Gasteiger partial charge in [0.2, 0.25) is 0 Å². The van der Waals surface area contributed by atoms with E-state index in [9.17, 15) is 14.9 Å². The number of carbonyl (C=O) groups is 1. The zero-order valence-corrected chi connectivity index (χ0v) is 17.0. The summed E-state index contributed by atoms with van der Waals surface area (Å²) in [4.78, 5) is 25.4. The van der Waals surface area contributed by atoms with Crippen molar-refractivity contribution in [2.45, 2.75) is 0 Å². The molecule has 29 heavy (non-hydrogen) atoms. The molecule has 2 aromatic carbocycles. The lowest BCUT2D eigenvalue weighted by Gasteiger charge is -2.13. The molecular weight excluding hydrogens is 432 g/mol. The lowest BCUT2D eigenvalue weighted by molar-refractivity contribution is -0.384. The monoisotopic (exact) mass is 442 g/mol. The SMILES string of the molecule is O=C1/C(=C\c2ccc(-c3ccc(Cl)cc3[N+](=O)[O-])o2)SC(=S)N1c1ccccc1. The molecule has 0 radical (unpaired) electrons. The van der Waals surface area contributed by atoms with Crippen molar-refractivity contribution in [1.29, 1.82) is 0 Å². The van der Waals surface area contributed by atoms with E-state index in [-0.39, 0.29) is 16.6 Å². The van der Waals surface area contributed by atoms with Gasteiger partial charge in [-0.1, -0.05) is 53.8 Å². The van der Waals surface area contributed by atoms with Crippen LogP contribution in [0.4, 0.5) is 11.4 Å². The molecular formula is C20H11ClN2O4S2. The zero-order chi connectivity index (χ0) is 20.5. The van der Waals surface area contributed by atoms with Gasteiger partial charge >= 0.3 is 0 Å². The minimum atomic E-state index is -0.519. The normalized spacial score (nSPS) is 15.3. The first kappa shape index (κ1) is 19.4. The molecule has 0 atom stereocenters. The summed E-state index contributed by atoms with van der Waals surface area (Å²) < 4.78 is 6.16. The van der Waals surface area contributed by atoms with Gasteiger partial charge in [0, 0.05) is 17.2 Å². The van der Waals surface area contributed by atoms with Crippen molar-refractivity contribution in [2.75, 3.05) is 4.90 Å². The molecule has 144 valence electrons. The highest BCUT2D eigenvalue weighted by Crippen LogP contribution is 2.37. The largest absolute Gasteiger partial charge is 0.456 e. The van der Waals surface area contributed by atoms with Crippen molar-refractivity contribution >= 4 is 63.3 Å². The Hall–Kier alpha value is -2.94. The van der Waals surface area contributed by atoms with Crippen molar-refractivity contribution in [3.05, 3.63) is 86.5 Å². The third-order valence-electron chi connectivity index (χ3n) is 4.13. The first-order valence-electron chi connectivity index (χ1n) is 8.31. The Bertz CT molecular complexity index is 1170. The molecule has 1 aromatic heterocycles. The van der Waals surface area contributed by atoms with Crippen LogP contribution >= 0.6 is 35.6 Å². The van der Waals surface area contributed by atoms with Gasteiger partial charge in [0.1, 0.15) is 11.5 Å². The number of amides is 1. The number of anilines is 1. The number of hydrogen-bond donors (Lipinski definition) is 0. The number of carbonyl (C=O) groups excluding carboxylic acids is 1. The Morgan fingerprint density at radius 3 is 2.62 bits per heavy atom. The van der Waals surface area contributed by atoms with Gasteiger partial charge in [-0.15, -0.1) is 0 Å². The number of furan rings is 1. The summed E-state index contributed by atoms with van der Waals surface area (Å²) >= 11 is 12.4. The summed E-state index contributed by atoms with van der Waals surface area (Å²) in [6.45, 7) is 0. The van der Waals surface area contributed by atoms with E-state index >= 15 is 0 Å². The smallest absolute Gasteiger partial charge is 0.281 e. The number of thioether (sulfide) groups is 1. The topological polar surface area (TPSA) is 76.6 Å². The molecule has 0 N–H and O–H groups in total. The van der Waals surface area contributed by atoms with Crippen molar-refractivity contribution in [3.8, 4) is 11.3 Å². The third-order valence-corrected chi connectivity index (χ3v) is 5.67. The molecule has 6 nitrogen and oxygen atoms in total. The summed E-state index contributed by atoms with van der Waals surface area (Å²) in [5, 5.41) is 11.6. The van der Waals surface area contributed by atoms with E-state index in [0.717, 1.165) is 0 Å². The molecule has 1 saturated heterocycles. The van der Waals surface area contributed by atoms with Gasteiger partial charge in [-0.2, -0.15) is 0 Å². The van der Waals surface area contributed by atoms with E-state index < -0.39 is 4.92 Å². The highest BCUT2D eigenvalue weighted by atomic mass is 35.5. The quantitative estimate of drug-likeness (QED) is 0.216. The number of thiocarbonyl (C=S) groups is 1. The van der Waals surface area contributed by atoms with Crippen LogP contribution < -0.4 is 4.90 Å². The van der Waals surface area contributed by atoms with E-state index in [1.165, 1.54) is 28.8 Å². The van der Waals surface area contributed by atoms with E-state index in [1.54, 1.807) is 36.4 Å². The lowest BCUT2D eigenvalue weighted by atomic mass is 10.1. The standard InChI is InChI=1S/C20H11ClN2O4S2/c21-12-6-8-15(16(10-12)23(25)26)17-9-7-14(27-17)11-18-19(24)22(20(28)29-18)13-4-2-1-3-5-13/h1-11H/b18-11+. The van der Waals surface area contributed by atoms with E-state index in [4.69, 9.17) is 28.2 Å². The Morgan fingerprint density at radius 1 is 1.14 bits per heavy atom. The molecule has 4 rings (SSSR count). The molecule has 1 amide bonds. The zero-order valence-electron chi connectivity index (χ0n) is 14.6. The second-order valence-electron chi connectivity index (χ2n) is 5.97. The number of nitrogens with zero attached hydrogens (tertiary/aromatic N) is 2. The Balaban J connectivity index is 1.65. The van der Waals surface area contributed by atoms with Crippen LogP contribution in [0.3, 0.4) is 0 Å². The molecule has 1 fully saturated rings. The second kappa shape index (κ2) is 7.82. The van der Waals surface area contributed by atoms with E-state index in [0.29, 0.717) is 32.0 Å². The number of nitro groups is 1. The predicted octanol–water partition coefficient (Wildman–Crippen LogP) is 5.91. The number of rotatable bonds is 4. The van der Waals surface area contributed by atoms with Gasteiger partial charge < -0.3 is 4.42 Å². The highest BCUT2D eigenvalue weighted by molar-refractivity contribution is 8.27. The van der Waals surface area contributed by atoms with Gasteiger partial charge in [-0.25, -0.2) is 0 Å². The molecule has 3 aromatic rings. The number of halogens is 1. The average molecular weight is 443 g/mol. The number of benzene rings is 2. The van der Waals surface area contributed by atoms with E-state index in [2.05, 4.69) is 0 Å². The number of hydrogen-bond acceptors (Lipinski definition) is 6. The van der Waals surface area contributed by atoms with Gasteiger partial charge in [0.05, 0.1) is 21.1 Å². The summed E-state index contributed by atoms with van der Waals surface area (Å²) in [7, 11) is 0. The van der Waals surface area contributed by atoms with E-state index in [1.807, 2.05) is 18.2 Å². The van der Waals surface area contributed by atoms with Crippen LogP contribution in [0.1, 0.15) is 5.76 Å². The maximum Gasteiger partial charge on any atom is 0.281 e. The second-order valence-corrected chi connectivity index (χ2v) is 8.09. The van der Waals surface area contributed by atoms with Gasteiger partial charge in [-0.05, 0) is 36.4 Å². The van der Waals surface area contributed by atoms with Crippen LogP contribution in [0, 0.1) is 10.1 Å². The summed E-state index contributed by atoms with van der Waals surface area (Å²) in [5.74, 6) is 0.442. The van der Waals surface area contributed by atoms with Crippen molar-refractivity contribution in [1.82, 2.24) is 0 Å². The Labute approximate surface area is 179 Å². The number of para-hydroxylation sites is 1. The fourth-order valence-corrected chi connectivity index (χ4v) is 4.28. The van der Waals surface area contributed by atoms with Crippen LogP contribution in [-0.2, 0) is 4.79 Å². The summed E-state index contributed by atoms with van der Waals surface area (Å²) in [6.07, 6.45) is 1.58. The van der Waals surface area contributed by atoms with Crippen LogP contribution in [0.5, 0.6) is 0 Å². The maximum absolute atomic E-state index is 12.8. The predicted molar refractivity (Wildman–Crippen MR) is 118 cm³/mol. The van der Waals surface area contributed by atoms with Crippen LogP contribution in [0.15, 0.2) is 70.0 Å². The first-order valence-corrected chi connectivity index (χ1v) is 9.91. The van der Waals surface area contributed by atoms with Crippen LogP contribution in [-0.4, -0.2) is 15.2 Å². The van der Waals surface area contributed by atoms with Crippen LogP contribution in [0.25, 0.3) is 17.4 Å². The number of nitro benzene ring substituents is 1. The average Bonchev–Trinajstić information content (AvgIpc) is 3.27. The van der Waals surface area contributed by atoms with Crippen molar-refractivity contribution in [3.63, 3.8) is 0 Å². The summed E-state index contributed by atoms with van der Waals surface area (Å²) in [6, 6.07) is 16.7. The Morgan fingerprint density at radius 2 is 1.90 bits per heavy atom. The van der Waals surface area contributed by atoms with Gasteiger partial charge in [0.15, 0.2) is 4.32 Å². The molecule has 0 unspecified atom stereocenters. The molecule has 0 spiro atoms. The molecule has 1 aliphatic rings. The molecule has 0 saturated carbocycles. The molecule has 2 heterocycles. The fourth-order valence-electron chi connectivity index (χ4n) is 2.84. The third kappa shape index (κ3) is 3.82. The fraction of sp³-hybridized carbons (Fsp3) is 0. The maximum atomic E-state index is 12.8. The highest BCUT2D eigenvalue weighted by Gasteiger charge is 2.33. The molecule has 0 aliphatic carbocycles. The van der Waals surface area contributed by atoms with Gasteiger partial charge in [0.25, 0.3) is 11.6 Å². The summed E-state index contributed by atoms with van der Waals surface area (Å²) in [5.41, 5.74) is 0.833. The lowest BCUT2D eigenvalue weighted by Crippen LogP contribution is -2.27. The van der Waals surface area contributed by atoms with Crippen molar-refractivity contribution < 1.29 is 14.1 Å². The van der Waals surface area contributed by atoms with Gasteiger partial charge in [-0.3, -0.25) is 19.8 Å². The minimum Gasteiger partial charge on any atom is -0.456 e. The van der Waals surface area contributed by atoms with Crippen molar-refractivity contribution in [2.24, 2.45) is 0 Å². The molecule has 1 aliphatic heterocycles. The first-order chi connectivity index (χ1) is 13.9. The minimum absolute atomic E-state index is 0.159. The molecule has 0 bridgehead atoms.